The normalized spacial score (nSPS) is 19.6. The average Bonchev–Trinajstić information content (AvgIpc) is 3.09. The Kier molecular flexibility index (Phi) is 6.65. The van der Waals surface area contributed by atoms with Gasteiger partial charge >= 0.3 is 0 Å². The molecular weight excluding hydrogens is 377 g/mol. The number of halogens is 2. The van der Waals surface area contributed by atoms with Crippen molar-refractivity contribution >= 4 is 42.2 Å². The van der Waals surface area contributed by atoms with E-state index in [0.29, 0.717) is 13.1 Å². The van der Waals surface area contributed by atoms with Gasteiger partial charge in [-0.25, -0.2) is 0 Å². The second-order valence-corrected chi connectivity index (χ2v) is 6.82. The fourth-order valence-corrected chi connectivity index (χ4v) is 3.74. The van der Waals surface area contributed by atoms with Gasteiger partial charge in [-0.15, -0.1) is 40.1 Å². The predicted octanol–water partition coefficient (Wildman–Crippen LogP) is 1.28. The molecule has 0 aromatic carbocycles. The maximum Gasteiger partial charge on any atom is 0.242 e. The Hall–Kier alpha value is -1.64. The van der Waals surface area contributed by atoms with Gasteiger partial charge in [-0.1, -0.05) is 19.3 Å². The lowest BCUT2D eigenvalue weighted by Crippen LogP contribution is -2.60. The first kappa shape index (κ1) is 20.7. The van der Waals surface area contributed by atoms with Crippen molar-refractivity contribution in [2.75, 3.05) is 31.1 Å². The van der Waals surface area contributed by atoms with E-state index in [1.807, 2.05) is 17.0 Å². The molecule has 2 fully saturated rings. The SMILES string of the molecule is Cl.Cl.NC1(C(=O)N2CCN(c3ccc4nncn4n3)CC2)CCCCC1. The van der Waals surface area contributed by atoms with Crippen molar-refractivity contribution in [1.29, 1.82) is 0 Å². The fraction of sp³-hybridized carbons (Fsp3) is 0.625. The number of hydrogen-bond donors (Lipinski definition) is 1. The van der Waals surface area contributed by atoms with Gasteiger partial charge in [0.2, 0.25) is 5.91 Å². The van der Waals surface area contributed by atoms with Crippen LogP contribution >= 0.6 is 24.8 Å². The van der Waals surface area contributed by atoms with Gasteiger partial charge in [0.25, 0.3) is 0 Å². The zero-order valence-corrected chi connectivity index (χ0v) is 16.2. The first-order valence-corrected chi connectivity index (χ1v) is 8.66. The van der Waals surface area contributed by atoms with Gasteiger partial charge in [0.1, 0.15) is 12.1 Å². The first-order chi connectivity index (χ1) is 11.7. The number of amides is 1. The molecule has 0 atom stereocenters. The zero-order valence-electron chi connectivity index (χ0n) is 14.6. The molecule has 10 heteroatoms. The van der Waals surface area contributed by atoms with Crippen LogP contribution in [0.3, 0.4) is 0 Å². The molecule has 2 aliphatic rings. The summed E-state index contributed by atoms with van der Waals surface area (Å²) in [5, 5.41) is 12.3. The minimum atomic E-state index is -0.639. The fourth-order valence-electron chi connectivity index (χ4n) is 3.74. The lowest BCUT2D eigenvalue weighted by molar-refractivity contribution is -0.138. The quantitative estimate of drug-likeness (QED) is 0.814. The summed E-state index contributed by atoms with van der Waals surface area (Å²) in [5.74, 6) is 1.01. The van der Waals surface area contributed by atoms with Crippen molar-refractivity contribution in [3.8, 4) is 0 Å². The summed E-state index contributed by atoms with van der Waals surface area (Å²) in [5.41, 5.74) is 6.49. The molecule has 8 nitrogen and oxygen atoms in total. The third-order valence-electron chi connectivity index (χ3n) is 5.21. The molecule has 1 saturated heterocycles. The Morgan fingerprint density at radius 3 is 2.42 bits per heavy atom. The van der Waals surface area contributed by atoms with Gasteiger partial charge in [0.15, 0.2) is 5.65 Å². The highest BCUT2D eigenvalue weighted by atomic mass is 35.5. The highest BCUT2D eigenvalue weighted by Gasteiger charge is 2.39. The average molecular weight is 402 g/mol. The number of fused-ring (bicyclic) bond motifs is 1. The summed E-state index contributed by atoms with van der Waals surface area (Å²) in [7, 11) is 0. The van der Waals surface area contributed by atoms with Crippen LogP contribution in [0.5, 0.6) is 0 Å². The van der Waals surface area contributed by atoms with Crippen LogP contribution in [-0.2, 0) is 4.79 Å². The van der Waals surface area contributed by atoms with Crippen LogP contribution in [0.15, 0.2) is 18.5 Å². The monoisotopic (exact) mass is 401 g/mol. The van der Waals surface area contributed by atoms with Crippen LogP contribution in [0.4, 0.5) is 5.82 Å². The summed E-state index contributed by atoms with van der Waals surface area (Å²) in [6.45, 7) is 2.92. The Morgan fingerprint density at radius 1 is 1.04 bits per heavy atom. The standard InChI is InChI=1S/C16H23N7O.2ClH/c17-16(6-2-1-3-7-16)15(24)22-10-8-21(9-11-22)14-5-4-13-19-18-12-23(13)20-14;;/h4-5,12H,1-3,6-11,17H2;2*1H. The molecule has 2 aromatic rings. The zero-order chi connectivity index (χ0) is 16.6. The molecule has 0 spiro atoms. The van der Waals surface area contributed by atoms with E-state index in [4.69, 9.17) is 5.73 Å². The number of hydrogen-bond acceptors (Lipinski definition) is 6. The van der Waals surface area contributed by atoms with Crippen molar-refractivity contribution in [2.45, 2.75) is 37.6 Å². The number of aromatic nitrogens is 4. The number of anilines is 1. The van der Waals surface area contributed by atoms with Crippen molar-refractivity contribution in [2.24, 2.45) is 5.73 Å². The molecule has 3 heterocycles. The van der Waals surface area contributed by atoms with Gasteiger partial charge in [0, 0.05) is 26.2 Å². The van der Waals surface area contributed by atoms with E-state index in [1.54, 1.807) is 10.8 Å². The third-order valence-corrected chi connectivity index (χ3v) is 5.21. The maximum atomic E-state index is 12.8. The Morgan fingerprint density at radius 2 is 1.73 bits per heavy atom. The van der Waals surface area contributed by atoms with Crippen LogP contribution in [0, 0.1) is 0 Å². The Bertz CT molecular complexity index is 739. The van der Waals surface area contributed by atoms with E-state index in [1.165, 1.54) is 6.42 Å². The highest BCUT2D eigenvalue weighted by molar-refractivity contribution is 5.86. The van der Waals surface area contributed by atoms with Gasteiger partial charge in [0.05, 0.1) is 5.54 Å². The van der Waals surface area contributed by atoms with E-state index < -0.39 is 5.54 Å². The molecular formula is C16H25Cl2N7O. The number of carbonyl (C=O) groups excluding carboxylic acids is 1. The molecule has 2 N–H and O–H groups in total. The largest absolute Gasteiger partial charge is 0.352 e. The smallest absolute Gasteiger partial charge is 0.242 e. The van der Waals surface area contributed by atoms with Gasteiger partial charge in [-0.05, 0) is 25.0 Å². The topological polar surface area (TPSA) is 92.7 Å². The van der Waals surface area contributed by atoms with Crippen molar-refractivity contribution in [3.05, 3.63) is 18.5 Å². The molecule has 0 bridgehead atoms. The van der Waals surface area contributed by atoms with Crippen molar-refractivity contribution < 1.29 is 4.79 Å². The van der Waals surface area contributed by atoms with E-state index in [0.717, 1.165) is 50.2 Å². The first-order valence-electron chi connectivity index (χ1n) is 8.66. The molecule has 1 aliphatic heterocycles. The lowest BCUT2D eigenvalue weighted by Gasteiger charge is -2.41. The molecule has 26 heavy (non-hydrogen) atoms. The third kappa shape index (κ3) is 3.87. The molecule has 0 radical (unpaired) electrons. The van der Waals surface area contributed by atoms with Crippen LogP contribution in [0.1, 0.15) is 32.1 Å². The van der Waals surface area contributed by atoms with Crippen LogP contribution in [0.2, 0.25) is 0 Å². The number of nitrogens with two attached hydrogens (primary N) is 1. The number of piperazine rings is 1. The second-order valence-electron chi connectivity index (χ2n) is 6.82. The Balaban J connectivity index is 0.00000121. The molecule has 4 rings (SSSR count). The Labute approximate surface area is 164 Å². The number of nitrogens with zero attached hydrogens (tertiary/aromatic N) is 6. The molecule has 144 valence electrons. The summed E-state index contributed by atoms with van der Waals surface area (Å²) in [6.07, 6.45) is 6.54. The second kappa shape index (κ2) is 8.37. The molecule has 1 saturated carbocycles. The van der Waals surface area contributed by atoms with Crippen molar-refractivity contribution in [3.63, 3.8) is 0 Å². The molecule has 1 amide bonds. The predicted molar refractivity (Wildman–Crippen MR) is 104 cm³/mol. The van der Waals surface area contributed by atoms with Crippen molar-refractivity contribution in [1.82, 2.24) is 24.7 Å². The molecule has 0 unspecified atom stereocenters. The number of carbonyl (C=O) groups is 1. The van der Waals surface area contributed by atoms with E-state index >= 15 is 0 Å². The molecule has 1 aliphatic carbocycles. The molecule has 2 aromatic heterocycles. The maximum absolute atomic E-state index is 12.8. The van der Waals surface area contributed by atoms with Gasteiger partial charge in [-0.2, -0.15) is 4.52 Å². The summed E-state index contributed by atoms with van der Waals surface area (Å²) in [6, 6.07) is 3.86. The summed E-state index contributed by atoms with van der Waals surface area (Å²) < 4.78 is 1.67. The summed E-state index contributed by atoms with van der Waals surface area (Å²) in [4.78, 5) is 16.9. The van der Waals surface area contributed by atoms with Gasteiger partial charge < -0.3 is 15.5 Å². The van der Waals surface area contributed by atoms with Crippen LogP contribution < -0.4 is 10.6 Å². The van der Waals surface area contributed by atoms with Crippen LogP contribution in [0.25, 0.3) is 5.65 Å². The highest BCUT2D eigenvalue weighted by Crippen LogP contribution is 2.28. The van der Waals surface area contributed by atoms with E-state index in [2.05, 4.69) is 20.2 Å². The van der Waals surface area contributed by atoms with E-state index in [9.17, 15) is 4.79 Å². The van der Waals surface area contributed by atoms with Gasteiger partial charge in [-0.3, -0.25) is 4.79 Å². The lowest BCUT2D eigenvalue weighted by atomic mass is 9.81. The van der Waals surface area contributed by atoms with E-state index in [-0.39, 0.29) is 30.7 Å². The number of rotatable bonds is 2. The van der Waals surface area contributed by atoms with Crippen LogP contribution in [-0.4, -0.2) is 62.3 Å². The minimum absolute atomic E-state index is 0. The summed E-state index contributed by atoms with van der Waals surface area (Å²) >= 11 is 0. The minimum Gasteiger partial charge on any atom is -0.352 e.